The van der Waals surface area contributed by atoms with Gasteiger partial charge in [-0.3, -0.25) is 9.59 Å². The number of thioether (sulfide) groups is 1. The van der Waals surface area contributed by atoms with Crippen LogP contribution in [-0.4, -0.2) is 40.9 Å². The minimum atomic E-state index is -0.542. The molecule has 3 atom stereocenters. The number of ether oxygens (including phenoxy) is 1. The number of nitrogens with zero attached hydrogens (tertiary/aromatic N) is 2. The van der Waals surface area contributed by atoms with Gasteiger partial charge in [0, 0.05) is 30.3 Å². The number of allylic oxidation sites excluding steroid dienone is 2. The summed E-state index contributed by atoms with van der Waals surface area (Å²) in [5.41, 5.74) is 2.08. The predicted molar refractivity (Wildman–Crippen MR) is 134 cm³/mol. The van der Waals surface area contributed by atoms with Gasteiger partial charge < -0.3 is 15.0 Å². The molecule has 1 aromatic heterocycles. The normalized spacial score (nSPS) is 24.1. The van der Waals surface area contributed by atoms with Crippen LogP contribution in [0.5, 0.6) is 5.75 Å². The molecule has 3 unspecified atom stereocenters. The van der Waals surface area contributed by atoms with Gasteiger partial charge in [-0.15, -0.1) is 0 Å². The Morgan fingerprint density at radius 1 is 1.42 bits per heavy atom. The second-order valence-corrected chi connectivity index (χ2v) is 10.1. The summed E-state index contributed by atoms with van der Waals surface area (Å²) in [5.74, 6) is 1.70. The van der Waals surface area contributed by atoms with Gasteiger partial charge in [0.15, 0.2) is 17.7 Å². The first kappa shape index (κ1) is 23.4. The van der Waals surface area contributed by atoms with Crippen LogP contribution in [0.2, 0.25) is 0 Å². The van der Waals surface area contributed by atoms with Gasteiger partial charge in [-0.25, -0.2) is 4.98 Å². The van der Waals surface area contributed by atoms with Crippen LogP contribution in [0.4, 0.5) is 5.82 Å². The molecular weight excluding hydrogens is 434 g/mol. The Hall–Kier alpha value is -2.80. The number of aromatic nitrogens is 1. The van der Waals surface area contributed by atoms with Crippen molar-refractivity contribution in [3.8, 4) is 5.75 Å². The molecule has 0 radical (unpaired) electrons. The first-order valence-corrected chi connectivity index (χ1v) is 12.4. The van der Waals surface area contributed by atoms with Gasteiger partial charge in [0.25, 0.3) is 5.91 Å². The number of carbonyl (C=O) groups is 2. The van der Waals surface area contributed by atoms with E-state index in [0.29, 0.717) is 23.4 Å². The highest BCUT2D eigenvalue weighted by atomic mass is 32.2. The van der Waals surface area contributed by atoms with E-state index in [1.165, 1.54) is 5.57 Å². The Balaban J connectivity index is 1.35. The van der Waals surface area contributed by atoms with Crippen molar-refractivity contribution in [2.24, 2.45) is 17.8 Å². The van der Waals surface area contributed by atoms with E-state index in [2.05, 4.69) is 41.4 Å². The van der Waals surface area contributed by atoms with Crippen LogP contribution < -0.4 is 10.1 Å². The monoisotopic (exact) mass is 465 g/mol. The third-order valence-corrected chi connectivity index (χ3v) is 7.13. The molecule has 174 valence electrons. The lowest BCUT2D eigenvalue weighted by molar-refractivity contribution is -0.126. The molecule has 2 aliphatic heterocycles. The lowest BCUT2D eigenvalue weighted by Crippen LogP contribution is -2.40. The van der Waals surface area contributed by atoms with Gasteiger partial charge in [-0.1, -0.05) is 51.3 Å². The molecule has 1 N–H and O–H groups in total. The number of likely N-dealkylation sites (tertiary alicyclic amines) is 1. The Labute approximate surface area is 199 Å². The zero-order valence-corrected chi connectivity index (χ0v) is 20.2. The molecule has 0 saturated carbocycles. The Morgan fingerprint density at radius 2 is 2.24 bits per heavy atom. The zero-order chi connectivity index (χ0) is 23.5. The zero-order valence-electron chi connectivity index (χ0n) is 19.4. The summed E-state index contributed by atoms with van der Waals surface area (Å²) in [6, 6.07) is 1.81. The van der Waals surface area contributed by atoms with Crippen molar-refractivity contribution in [2.75, 3.05) is 18.4 Å². The number of carbonyl (C=O) groups excluding carboxylic acids is 2. The van der Waals surface area contributed by atoms with Gasteiger partial charge in [0.2, 0.25) is 5.91 Å². The molecule has 33 heavy (non-hydrogen) atoms. The highest BCUT2D eigenvalue weighted by Crippen LogP contribution is 2.42. The van der Waals surface area contributed by atoms with Crippen LogP contribution in [0.15, 0.2) is 53.0 Å². The van der Waals surface area contributed by atoms with Crippen molar-refractivity contribution < 1.29 is 14.3 Å². The number of nitrogens with one attached hydrogen (secondary N) is 1. The molecule has 1 saturated heterocycles. The lowest BCUT2D eigenvalue weighted by Gasteiger charge is -2.27. The minimum absolute atomic E-state index is 0.00503. The number of hydrogen-bond acceptors (Lipinski definition) is 5. The van der Waals surface area contributed by atoms with E-state index >= 15 is 0 Å². The van der Waals surface area contributed by atoms with E-state index in [1.54, 1.807) is 30.1 Å². The summed E-state index contributed by atoms with van der Waals surface area (Å²) < 4.78 is 5.84. The largest absolute Gasteiger partial charge is 0.476 e. The molecule has 3 aliphatic rings. The van der Waals surface area contributed by atoms with Gasteiger partial charge in [0.1, 0.15) is 0 Å². The minimum Gasteiger partial charge on any atom is -0.476 e. The first-order valence-electron chi connectivity index (χ1n) is 11.5. The van der Waals surface area contributed by atoms with Crippen molar-refractivity contribution in [3.05, 3.63) is 58.5 Å². The summed E-state index contributed by atoms with van der Waals surface area (Å²) in [4.78, 5) is 32.2. The molecule has 1 fully saturated rings. The second-order valence-electron chi connectivity index (χ2n) is 9.10. The topological polar surface area (TPSA) is 71.5 Å². The van der Waals surface area contributed by atoms with Crippen molar-refractivity contribution in [2.45, 2.75) is 39.7 Å². The Bertz CT molecular complexity index is 1040. The fourth-order valence-corrected chi connectivity index (χ4v) is 5.18. The molecule has 0 spiro atoms. The molecular formula is C26H31N3O3S. The maximum atomic E-state index is 12.8. The average Bonchev–Trinajstić information content (AvgIpc) is 3.36. The van der Waals surface area contributed by atoms with Crippen LogP contribution in [0.25, 0.3) is 6.08 Å². The van der Waals surface area contributed by atoms with Gasteiger partial charge in [-0.05, 0) is 59.3 Å². The molecule has 1 aromatic rings. The second kappa shape index (κ2) is 10.00. The SMILES string of the molecule is C=C(S/C=C\CC)C1=CC2CN(C(=O)/C=C/c3cnc4c(c3)OC(C(C)C)C(=O)N4)CC2C1. The molecule has 1 aliphatic carbocycles. The number of amides is 2. The number of pyridine rings is 1. The maximum absolute atomic E-state index is 12.8. The number of hydrogen-bond donors (Lipinski definition) is 1. The Morgan fingerprint density at radius 3 is 2.97 bits per heavy atom. The Kier molecular flexibility index (Phi) is 7.08. The molecule has 2 amide bonds. The smallest absolute Gasteiger partial charge is 0.266 e. The first-order chi connectivity index (χ1) is 15.9. The van der Waals surface area contributed by atoms with E-state index < -0.39 is 6.10 Å². The van der Waals surface area contributed by atoms with Crippen molar-refractivity contribution in [3.63, 3.8) is 0 Å². The van der Waals surface area contributed by atoms with Gasteiger partial charge in [0.05, 0.1) is 0 Å². The third-order valence-electron chi connectivity index (χ3n) is 6.25. The van der Waals surface area contributed by atoms with Crippen LogP contribution in [0, 0.1) is 17.8 Å². The van der Waals surface area contributed by atoms with Crippen LogP contribution in [-0.2, 0) is 9.59 Å². The highest BCUT2D eigenvalue weighted by Gasteiger charge is 2.38. The lowest BCUT2D eigenvalue weighted by atomic mass is 10.00. The molecule has 4 rings (SSSR count). The van der Waals surface area contributed by atoms with Crippen molar-refractivity contribution >= 4 is 35.5 Å². The molecule has 7 heteroatoms. The third kappa shape index (κ3) is 5.24. The molecule has 3 heterocycles. The summed E-state index contributed by atoms with van der Waals surface area (Å²) in [7, 11) is 0. The van der Waals surface area contributed by atoms with Crippen LogP contribution >= 0.6 is 11.8 Å². The summed E-state index contributed by atoms with van der Waals surface area (Å²) in [6.07, 6.45) is 10.9. The summed E-state index contributed by atoms with van der Waals surface area (Å²) >= 11 is 1.69. The average molecular weight is 466 g/mol. The fraction of sp³-hybridized carbons (Fsp3) is 0.423. The molecule has 0 bridgehead atoms. The number of fused-ring (bicyclic) bond motifs is 2. The quantitative estimate of drug-likeness (QED) is 0.572. The maximum Gasteiger partial charge on any atom is 0.266 e. The fourth-order valence-electron chi connectivity index (χ4n) is 4.42. The van der Waals surface area contributed by atoms with Crippen molar-refractivity contribution in [1.82, 2.24) is 9.88 Å². The number of anilines is 1. The van der Waals surface area contributed by atoms with Gasteiger partial charge in [-0.2, -0.15) is 0 Å². The molecule has 0 aromatic carbocycles. The summed E-state index contributed by atoms with van der Waals surface area (Å²) in [5, 5.41) is 4.89. The van der Waals surface area contributed by atoms with Crippen LogP contribution in [0.3, 0.4) is 0 Å². The van der Waals surface area contributed by atoms with E-state index in [-0.39, 0.29) is 17.7 Å². The van der Waals surface area contributed by atoms with E-state index in [9.17, 15) is 9.59 Å². The summed E-state index contributed by atoms with van der Waals surface area (Å²) in [6.45, 7) is 11.7. The van der Waals surface area contributed by atoms with Gasteiger partial charge >= 0.3 is 0 Å². The van der Waals surface area contributed by atoms with Crippen LogP contribution in [0.1, 0.15) is 39.2 Å². The number of rotatable bonds is 7. The van der Waals surface area contributed by atoms with Crippen molar-refractivity contribution in [1.29, 1.82) is 0 Å². The van der Waals surface area contributed by atoms with E-state index in [4.69, 9.17) is 4.74 Å². The highest BCUT2D eigenvalue weighted by molar-refractivity contribution is 8.06. The predicted octanol–water partition coefficient (Wildman–Crippen LogP) is 5.03. The molecule has 6 nitrogen and oxygen atoms in total. The van der Waals surface area contributed by atoms with E-state index in [1.807, 2.05) is 24.8 Å². The van der Waals surface area contributed by atoms with E-state index in [0.717, 1.165) is 36.4 Å². The standard InChI is InChI=1S/C26H31N3O3S/c1-5-6-9-33-17(4)19-11-20-14-29(15-21(20)12-19)23(30)8-7-18-10-22-25(27-13-18)28-26(31)24(32-22)16(2)3/h6-11,13,16,20-21,24H,4-5,12,14-15H2,1-3H3,(H,27,28,31)/b8-7+,9-6-.